The molecule has 0 atom stereocenters. The summed E-state index contributed by atoms with van der Waals surface area (Å²) in [6.45, 7) is 0.453. The Hall–Kier alpha value is -3.55. The fraction of sp³-hybridized carbons (Fsp3) is 0.348. The molecule has 0 bridgehead atoms. The van der Waals surface area contributed by atoms with Gasteiger partial charge in [0.25, 0.3) is 23.6 Å². The molecular formula is C23H24N4O4. The van der Waals surface area contributed by atoms with Crippen molar-refractivity contribution in [3.8, 4) is 0 Å². The number of amides is 4. The maximum Gasteiger partial charge on any atom is 0.269 e. The predicted molar refractivity (Wildman–Crippen MR) is 113 cm³/mol. The zero-order valence-corrected chi connectivity index (χ0v) is 17.1. The smallest absolute Gasteiger partial charge is 0.269 e. The van der Waals surface area contributed by atoms with Crippen LogP contribution in [0.4, 0.5) is 0 Å². The third kappa shape index (κ3) is 4.33. The first-order chi connectivity index (χ1) is 15.1. The monoisotopic (exact) mass is 420 g/mol. The number of carbonyl (C=O) groups excluding carboxylic acids is 4. The topological polar surface area (TPSA) is 108 Å². The number of nitrogens with zero attached hydrogens (tertiary/aromatic N) is 2. The average Bonchev–Trinajstić information content (AvgIpc) is 3.07. The first-order valence-corrected chi connectivity index (χ1v) is 10.6. The number of pyridine rings is 1. The number of aromatic nitrogens is 1. The normalized spacial score (nSPS) is 16.2. The fourth-order valence-corrected chi connectivity index (χ4v) is 4.11. The minimum Gasteiger partial charge on any atom is -0.350 e. The van der Waals surface area contributed by atoms with Gasteiger partial charge in [-0.1, -0.05) is 25.3 Å². The lowest BCUT2D eigenvalue weighted by Crippen LogP contribution is -2.40. The third-order valence-electron chi connectivity index (χ3n) is 5.71. The van der Waals surface area contributed by atoms with Gasteiger partial charge in [0.05, 0.1) is 11.1 Å². The number of benzene rings is 1. The summed E-state index contributed by atoms with van der Waals surface area (Å²) in [5.74, 6) is -1.27. The molecule has 2 aliphatic rings. The van der Waals surface area contributed by atoms with Crippen molar-refractivity contribution in [2.75, 3.05) is 13.1 Å². The van der Waals surface area contributed by atoms with Crippen molar-refractivity contribution in [1.82, 2.24) is 20.5 Å². The number of hydrogen-bond donors (Lipinski definition) is 2. The number of imide groups is 1. The lowest BCUT2D eigenvalue weighted by atomic mass is 9.94. The van der Waals surface area contributed by atoms with Gasteiger partial charge in [-0.15, -0.1) is 0 Å². The van der Waals surface area contributed by atoms with E-state index in [0.29, 0.717) is 16.8 Å². The fourth-order valence-electron chi connectivity index (χ4n) is 4.11. The van der Waals surface area contributed by atoms with Crippen molar-refractivity contribution in [3.63, 3.8) is 0 Å². The van der Waals surface area contributed by atoms with Crippen LogP contribution in [0.25, 0.3) is 0 Å². The van der Waals surface area contributed by atoms with Crippen LogP contribution in [0.3, 0.4) is 0 Å². The van der Waals surface area contributed by atoms with Gasteiger partial charge in [0.2, 0.25) is 0 Å². The Morgan fingerprint density at radius 2 is 1.61 bits per heavy atom. The summed E-state index contributed by atoms with van der Waals surface area (Å²) < 4.78 is 0. The predicted octanol–water partition coefficient (Wildman–Crippen LogP) is 2.17. The van der Waals surface area contributed by atoms with E-state index in [0.717, 1.165) is 32.1 Å². The summed E-state index contributed by atoms with van der Waals surface area (Å²) in [4.78, 5) is 55.4. The summed E-state index contributed by atoms with van der Waals surface area (Å²) in [5, 5.41) is 5.39. The summed E-state index contributed by atoms with van der Waals surface area (Å²) >= 11 is 0. The Bertz CT molecular complexity index is 1020. The second-order valence-electron chi connectivity index (χ2n) is 7.76. The molecule has 0 spiro atoms. The van der Waals surface area contributed by atoms with Crippen molar-refractivity contribution in [2.24, 2.45) is 0 Å². The van der Waals surface area contributed by atoms with Crippen LogP contribution in [0.15, 0.2) is 42.6 Å². The molecule has 1 fully saturated rings. The van der Waals surface area contributed by atoms with Crippen molar-refractivity contribution < 1.29 is 19.2 Å². The quantitative estimate of drug-likeness (QED) is 0.550. The lowest BCUT2D eigenvalue weighted by Gasteiger charge is -2.29. The van der Waals surface area contributed by atoms with Gasteiger partial charge in [-0.05, 0) is 43.2 Å². The number of carbonyl (C=O) groups is 4. The first kappa shape index (κ1) is 20.7. The molecule has 1 aliphatic carbocycles. The van der Waals surface area contributed by atoms with Crippen LogP contribution in [0, 0.1) is 0 Å². The maximum atomic E-state index is 12.9. The molecule has 8 nitrogen and oxygen atoms in total. The van der Waals surface area contributed by atoms with Gasteiger partial charge in [0, 0.05) is 30.9 Å². The third-order valence-corrected chi connectivity index (χ3v) is 5.71. The molecular weight excluding hydrogens is 396 g/mol. The van der Waals surface area contributed by atoms with E-state index < -0.39 is 0 Å². The van der Waals surface area contributed by atoms with Crippen LogP contribution in [-0.4, -0.2) is 52.6 Å². The second-order valence-corrected chi connectivity index (χ2v) is 7.76. The Labute approximate surface area is 180 Å². The molecule has 4 amide bonds. The number of nitrogens with one attached hydrogen (secondary N) is 2. The van der Waals surface area contributed by atoms with E-state index in [1.165, 1.54) is 17.2 Å². The highest BCUT2D eigenvalue weighted by atomic mass is 16.2. The van der Waals surface area contributed by atoms with Crippen LogP contribution in [-0.2, 0) is 0 Å². The van der Waals surface area contributed by atoms with Gasteiger partial charge in [-0.3, -0.25) is 29.1 Å². The van der Waals surface area contributed by atoms with Gasteiger partial charge in [0.1, 0.15) is 5.69 Å². The van der Waals surface area contributed by atoms with Crippen molar-refractivity contribution in [3.05, 3.63) is 65.0 Å². The SMILES string of the molecule is O=C(NCCNC(=O)c1ccccn1)c1ccc2c(c1)C(=O)N(C1CCCCC1)C2=O. The largest absolute Gasteiger partial charge is 0.350 e. The minimum absolute atomic E-state index is 0.0545. The lowest BCUT2D eigenvalue weighted by molar-refractivity contribution is 0.0548. The second kappa shape index (κ2) is 9.07. The van der Waals surface area contributed by atoms with E-state index in [4.69, 9.17) is 0 Å². The first-order valence-electron chi connectivity index (χ1n) is 10.6. The number of fused-ring (bicyclic) bond motifs is 1. The molecule has 0 saturated heterocycles. The summed E-state index contributed by atoms with van der Waals surface area (Å²) in [7, 11) is 0. The molecule has 160 valence electrons. The molecule has 2 N–H and O–H groups in total. The molecule has 2 aromatic rings. The molecule has 0 radical (unpaired) electrons. The van der Waals surface area contributed by atoms with Crippen LogP contribution < -0.4 is 10.6 Å². The minimum atomic E-state index is -0.369. The van der Waals surface area contributed by atoms with E-state index in [1.807, 2.05) is 0 Å². The van der Waals surface area contributed by atoms with Crippen LogP contribution in [0.2, 0.25) is 0 Å². The zero-order valence-electron chi connectivity index (χ0n) is 17.1. The highest BCUT2D eigenvalue weighted by Crippen LogP contribution is 2.31. The van der Waals surface area contributed by atoms with Crippen LogP contribution >= 0.6 is 0 Å². The van der Waals surface area contributed by atoms with E-state index in [1.54, 1.807) is 30.3 Å². The molecule has 31 heavy (non-hydrogen) atoms. The van der Waals surface area contributed by atoms with Crippen LogP contribution in [0.5, 0.6) is 0 Å². The van der Waals surface area contributed by atoms with E-state index in [9.17, 15) is 19.2 Å². The molecule has 1 aromatic carbocycles. The van der Waals surface area contributed by atoms with Gasteiger partial charge in [-0.25, -0.2) is 0 Å². The average molecular weight is 420 g/mol. The Morgan fingerprint density at radius 3 is 2.32 bits per heavy atom. The standard InChI is InChI=1S/C23H24N4O4/c28-20(25-12-13-26-21(29)19-8-4-5-11-24-19)15-9-10-17-18(14-15)23(31)27(22(17)30)16-6-2-1-3-7-16/h4-5,8-11,14,16H,1-3,6-7,12-13H2,(H,25,28)(H,26,29). The van der Waals surface area contributed by atoms with Crippen LogP contribution in [0.1, 0.15) is 73.7 Å². The zero-order chi connectivity index (χ0) is 21.8. The van der Waals surface area contributed by atoms with Crippen molar-refractivity contribution >= 4 is 23.6 Å². The van der Waals surface area contributed by atoms with Crippen molar-refractivity contribution in [2.45, 2.75) is 38.1 Å². The number of rotatable bonds is 6. The highest BCUT2D eigenvalue weighted by molar-refractivity contribution is 6.22. The molecule has 0 unspecified atom stereocenters. The summed E-state index contributed by atoms with van der Waals surface area (Å²) in [6.07, 6.45) is 6.37. The Balaban J connectivity index is 1.34. The molecule has 4 rings (SSSR count). The van der Waals surface area contributed by atoms with Gasteiger partial charge in [0.15, 0.2) is 0 Å². The molecule has 1 aliphatic heterocycles. The van der Waals surface area contributed by atoms with Gasteiger partial charge in [-0.2, -0.15) is 0 Å². The van der Waals surface area contributed by atoms with Gasteiger partial charge < -0.3 is 10.6 Å². The molecule has 2 heterocycles. The molecule has 1 saturated carbocycles. The van der Waals surface area contributed by atoms with Gasteiger partial charge >= 0.3 is 0 Å². The van der Waals surface area contributed by atoms with E-state index in [2.05, 4.69) is 15.6 Å². The van der Waals surface area contributed by atoms with Crippen molar-refractivity contribution in [1.29, 1.82) is 0 Å². The Morgan fingerprint density at radius 1 is 0.903 bits per heavy atom. The molecule has 1 aromatic heterocycles. The van der Waals surface area contributed by atoms with E-state index >= 15 is 0 Å². The summed E-state index contributed by atoms with van der Waals surface area (Å²) in [6, 6.07) is 9.58. The van der Waals surface area contributed by atoms with E-state index in [-0.39, 0.29) is 48.3 Å². The maximum absolute atomic E-state index is 12.9. The number of hydrogen-bond acceptors (Lipinski definition) is 5. The summed E-state index contributed by atoms with van der Waals surface area (Å²) in [5.41, 5.74) is 1.25. The Kier molecular flexibility index (Phi) is 6.06. The molecule has 8 heteroatoms. The highest BCUT2D eigenvalue weighted by Gasteiger charge is 2.40.